The van der Waals surface area contributed by atoms with Crippen molar-refractivity contribution in [1.82, 2.24) is 9.55 Å². The van der Waals surface area contributed by atoms with Crippen molar-refractivity contribution in [2.24, 2.45) is 0 Å². The molecule has 33 heavy (non-hydrogen) atoms. The topological polar surface area (TPSA) is 137 Å². The molecule has 1 amide bonds. The SMILES string of the molecule is CCCCn1c(N)c(N(CC(=O)Nc2ccccc2C#N)Cc2ccccc2)c(=O)[nH]c1=O. The Balaban J connectivity index is 1.99. The molecule has 1 aromatic heterocycles. The molecule has 9 heteroatoms. The lowest BCUT2D eigenvalue weighted by Crippen LogP contribution is -2.41. The number of anilines is 3. The minimum absolute atomic E-state index is 0.0124. The Kier molecular flexibility index (Phi) is 7.65. The predicted molar refractivity (Wildman–Crippen MR) is 128 cm³/mol. The molecule has 9 nitrogen and oxygen atoms in total. The minimum Gasteiger partial charge on any atom is -0.383 e. The highest BCUT2D eigenvalue weighted by Gasteiger charge is 2.22. The number of aromatic amines is 1. The number of hydrogen-bond donors (Lipinski definition) is 3. The first kappa shape index (κ1) is 23.3. The number of nitriles is 1. The van der Waals surface area contributed by atoms with Crippen molar-refractivity contribution in [3.05, 3.63) is 86.6 Å². The van der Waals surface area contributed by atoms with E-state index >= 15 is 0 Å². The van der Waals surface area contributed by atoms with Crippen LogP contribution in [0, 0.1) is 11.3 Å². The van der Waals surface area contributed by atoms with E-state index in [1.807, 2.05) is 43.3 Å². The highest BCUT2D eigenvalue weighted by atomic mass is 16.2. The summed E-state index contributed by atoms with van der Waals surface area (Å²) >= 11 is 0. The Hall–Kier alpha value is -4.32. The van der Waals surface area contributed by atoms with Crippen molar-refractivity contribution < 1.29 is 4.79 Å². The Morgan fingerprint density at radius 1 is 1.15 bits per heavy atom. The Morgan fingerprint density at radius 2 is 1.85 bits per heavy atom. The monoisotopic (exact) mass is 446 g/mol. The van der Waals surface area contributed by atoms with Gasteiger partial charge in [0.05, 0.1) is 17.8 Å². The summed E-state index contributed by atoms with van der Waals surface area (Å²) in [4.78, 5) is 41.9. The quantitative estimate of drug-likeness (QED) is 0.462. The van der Waals surface area contributed by atoms with Crippen LogP contribution in [-0.2, 0) is 17.9 Å². The Labute approximate surface area is 191 Å². The van der Waals surface area contributed by atoms with Crippen LogP contribution >= 0.6 is 0 Å². The first-order valence-electron chi connectivity index (χ1n) is 10.6. The second-order valence-electron chi connectivity index (χ2n) is 7.55. The Bertz CT molecular complexity index is 1270. The van der Waals surface area contributed by atoms with Crippen LogP contribution in [0.25, 0.3) is 0 Å². The first-order chi connectivity index (χ1) is 15.9. The molecule has 0 aliphatic carbocycles. The molecule has 0 bridgehead atoms. The van der Waals surface area contributed by atoms with Crippen LogP contribution in [0.1, 0.15) is 30.9 Å². The van der Waals surface area contributed by atoms with Gasteiger partial charge in [0.15, 0.2) is 0 Å². The van der Waals surface area contributed by atoms with Crippen LogP contribution in [0.4, 0.5) is 17.2 Å². The number of unbranched alkanes of at least 4 members (excludes halogenated alkanes) is 1. The molecule has 0 fully saturated rings. The van der Waals surface area contributed by atoms with E-state index in [0.717, 1.165) is 12.0 Å². The lowest BCUT2D eigenvalue weighted by Gasteiger charge is -2.26. The second-order valence-corrected chi connectivity index (χ2v) is 7.55. The van der Waals surface area contributed by atoms with E-state index in [1.54, 1.807) is 24.3 Å². The van der Waals surface area contributed by atoms with E-state index in [-0.39, 0.29) is 24.6 Å². The van der Waals surface area contributed by atoms with Crippen LogP contribution < -0.4 is 27.2 Å². The van der Waals surface area contributed by atoms with Crippen molar-refractivity contribution >= 4 is 23.1 Å². The molecule has 4 N–H and O–H groups in total. The number of hydrogen-bond acceptors (Lipinski definition) is 6. The average molecular weight is 447 g/mol. The summed E-state index contributed by atoms with van der Waals surface area (Å²) < 4.78 is 1.32. The van der Waals surface area contributed by atoms with Gasteiger partial charge in [0.25, 0.3) is 5.56 Å². The number of benzene rings is 2. The summed E-state index contributed by atoms with van der Waals surface area (Å²) in [6, 6.07) is 18.0. The van der Waals surface area contributed by atoms with E-state index < -0.39 is 17.2 Å². The van der Waals surface area contributed by atoms with Crippen molar-refractivity contribution in [2.75, 3.05) is 22.5 Å². The van der Waals surface area contributed by atoms with Gasteiger partial charge < -0.3 is 16.0 Å². The van der Waals surface area contributed by atoms with Gasteiger partial charge in [0.2, 0.25) is 5.91 Å². The molecule has 3 rings (SSSR count). The molecule has 0 unspecified atom stereocenters. The number of H-pyrrole nitrogens is 1. The molecule has 3 aromatic rings. The summed E-state index contributed by atoms with van der Waals surface area (Å²) in [5.41, 5.74) is 6.65. The highest BCUT2D eigenvalue weighted by Crippen LogP contribution is 2.20. The van der Waals surface area contributed by atoms with Crippen molar-refractivity contribution in [1.29, 1.82) is 5.26 Å². The number of nitrogens with two attached hydrogens (primary N) is 1. The lowest BCUT2D eigenvalue weighted by atomic mass is 10.2. The fourth-order valence-corrected chi connectivity index (χ4v) is 3.49. The summed E-state index contributed by atoms with van der Waals surface area (Å²) in [7, 11) is 0. The number of carbonyl (C=O) groups is 1. The minimum atomic E-state index is -0.661. The number of amides is 1. The zero-order valence-corrected chi connectivity index (χ0v) is 18.4. The van der Waals surface area contributed by atoms with Gasteiger partial charge in [0, 0.05) is 13.1 Å². The number of nitrogen functional groups attached to an aromatic ring is 1. The van der Waals surface area contributed by atoms with E-state index in [9.17, 15) is 19.6 Å². The van der Waals surface area contributed by atoms with Crippen LogP contribution in [0.15, 0.2) is 64.2 Å². The lowest BCUT2D eigenvalue weighted by molar-refractivity contribution is -0.115. The number of carbonyl (C=O) groups excluding carboxylic acids is 1. The van der Waals surface area contributed by atoms with Gasteiger partial charge in [0.1, 0.15) is 17.6 Å². The summed E-state index contributed by atoms with van der Waals surface area (Å²) in [6.07, 6.45) is 1.55. The van der Waals surface area contributed by atoms with E-state index in [1.165, 1.54) is 9.47 Å². The largest absolute Gasteiger partial charge is 0.383 e. The zero-order valence-electron chi connectivity index (χ0n) is 18.4. The number of para-hydroxylation sites is 1. The molecule has 1 heterocycles. The third-order valence-corrected chi connectivity index (χ3v) is 5.14. The van der Waals surface area contributed by atoms with E-state index in [4.69, 9.17) is 5.73 Å². The normalized spacial score (nSPS) is 10.4. The molecular formula is C24H26N6O3. The number of nitrogens with one attached hydrogen (secondary N) is 2. The summed E-state index contributed by atoms with van der Waals surface area (Å²) in [5.74, 6) is -0.419. The van der Waals surface area contributed by atoms with Gasteiger partial charge in [-0.15, -0.1) is 0 Å². The maximum atomic E-state index is 12.9. The molecule has 0 radical (unpaired) electrons. The van der Waals surface area contributed by atoms with Gasteiger partial charge in [-0.25, -0.2) is 4.79 Å². The predicted octanol–water partition coefficient (Wildman–Crippen LogP) is 2.44. The van der Waals surface area contributed by atoms with Crippen molar-refractivity contribution in [3.8, 4) is 6.07 Å². The third kappa shape index (κ3) is 5.68. The standard InChI is InChI=1S/C24H26N6O3/c1-2-3-13-30-22(26)21(23(32)28-24(30)33)29(15-17-9-5-4-6-10-17)16-20(31)27-19-12-8-7-11-18(19)14-25/h4-12H,2-3,13,15-16,26H2,1H3,(H,27,31)(H,28,32,33). The van der Waals surface area contributed by atoms with Gasteiger partial charge >= 0.3 is 5.69 Å². The smallest absolute Gasteiger partial charge is 0.330 e. The van der Waals surface area contributed by atoms with Gasteiger partial charge in [-0.3, -0.25) is 19.1 Å². The number of aromatic nitrogens is 2. The fourth-order valence-electron chi connectivity index (χ4n) is 3.49. The van der Waals surface area contributed by atoms with Crippen LogP contribution in [0.3, 0.4) is 0 Å². The molecule has 2 aromatic carbocycles. The number of rotatable bonds is 9. The summed E-state index contributed by atoms with van der Waals surface area (Å²) in [5, 5.41) is 12.0. The highest BCUT2D eigenvalue weighted by molar-refractivity contribution is 5.95. The van der Waals surface area contributed by atoms with Gasteiger partial charge in [-0.1, -0.05) is 55.8 Å². The van der Waals surface area contributed by atoms with Gasteiger partial charge in [-0.05, 0) is 24.1 Å². The second kappa shape index (κ2) is 10.8. The average Bonchev–Trinajstić information content (AvgIpc) is 2.79. The van der Waals surface area contributed by atoms with Crippen LogP contribution in [0.2, 0.25) is 0 Å². The van der Waals surface area contributed by atoms with Crippen LogP contribution in [-0.4, -0.2) is 22.0 Å². The third-order valence-electron chi connectivity index (χ3n) is 5.14. The maximum Gasteiger partial charge on any atom is 0.330 e. The first-order valence-corrected chi connectivity index (χ1v) is 10.6. The zero-order chi connectivity index (χ0) is 23.8. The van der Waals surface area contributed by atoms with E-state index in [0.29, 0.717) is 24.2 Å². The van der Waals surface area contributed by atoms with Gasteiger partial charge in [-0.2, -0.15) is 5.26 Å². The molecular weight excluding hydrogens is 420 g/mol. The number of nitrogens with zero attached hydrogens (tertiary/aromatic N) is 3. The van der Waals surface area contributed by atoms with Crippen LogP contribution in [0.5, 0.6) is 0 Å². The molecule has 0 atom stereocenters. The van der Waals surface area contributed by atoms with Crippen molar-refractivity contribution in [3.63, 3.8) is 0 Å². The maximum absolute atomic E-state index is 12.9. The van der Waals surface area contributed by atoms with Crippen molar-refractivity contribution in [2.45, 2.75) is 32.9 Å². The molecule has 0 aliphatic rings. The molecule has 170 valence electrons. The molecule has 0 aliphatic heterocycles. The van der Waals surface area contributed by atoms with E-state index in [2.05, 4.69) is 10.3 Å². The molecule has 0 saturated carbocycles. The Morgan fingerprint density at radius 3 is 2.55 bits per heavy atom. The summed E-state index contributed by atoms with van der Waals surface area (Å²) in [6.45, 7) is 2.34. The fraction of sp³-hybridized carbons (Fsp3) is 0.250. The molecule has 0 spiro atoms. The molecule has 0 saturated heterocycles.